The molecule has 0 saturated heterocycles. The molecule has 1 aromatic carbocycles. The number of hydrogen-bond donors (Lipinski definition) is 0. The minimum Gasteiger partial charge on any atom is -0.452 e. The molecule has 3 aromatic heterocycles. The summed E-state index contributed by atoms with van der Waals surface area (Å²) in [5, 5.41) is 5.09. The molecular formula is C18H16N4O3. The molecule has 0 bridgehead atoms. The van der Waals surface area contributed by atoms with E-state index < -0.39 is 5.97 Å². The Morgan fingerprint density at radius 3 is 2.92 bits per heavy atom. The Morgan fingerprint density at radius 2 is 2.12 bits per heavy atom. The maximum absolute atomic E-state index is 12.3. The van der Waals surface area contributed by atoms with Crippen LogP contribution in [0, 0.1) is 0 Å². The van der Waals surface area contributed by atoms with Crippen molar-refractivity contribution < 1.29 is 13.9 Å². The molecule has 0 aliphatic heterocycles. The lowest BCUT2D eigenvalue weighted by atomic mass is 10.2. The highest BCUT2D eigenvalue weighted by atomic mass is 16.5. The summed E-state index contributed by atoms with van der Waals surface area (Å²) in [4.78, 5) is 20.9. The summed E-state index contributed by atoms with van der Waals surface area (Å²) in [7, 11) is 0. The number of benzene rings is 1. The molecule has 0 atom stereocenters. The lowest BCUT2D eigenvalue weighted by Crippen LogP contribution is -2.07. The molecule has 7 heteroatoms. The largest absolute Gasteiger partial charge is 0.452 e. The SMILES string of the molecule is CC(C)n1ncc2cc(C(=O)OCc3nc4ccccc4o3)cnc21. The first-order valence-electron chi connectivity index (χ1n) is 7.96. The van der Waals surface area contributed by atoms with Crippen molar-refractivity contribution in [3.8, 4) is 0 Å². The minimum absolute atomic E-state index is 0.0309. The molecule has 4 aromatic rings. The van der Waals surface area contributed by atoms with Crippen LogP contribution in [0.4, 0.5) is 0 Å². The van der Waals surface area contributed by atoms with Crippen LogP contribution in [0.15, 0.2) is 47.1 Å². The molecule has 0 fully saturated rings. The van der Waals surface area contributed by atoms with E-state index in [-0.39, 0.29) is 12.6 Å². The molecule has 0 unspecified atom stereocenters. The fourth-order valence-corrected chi connectivity index (χ4v) is 2.62. The first kappa shape index (κ1) is 15.3. The zero-order valence-corrected chi connectivity index (χ0v) is 13.8. The Hall–Kier alpha value is -3.22. The highest BCUT2D eigenvalue weighted by Crippen LogP contribution is 2.18. The van der Waals surface area contributed by atoms with Crippen LogP contribution < -0.4 is 0 Å². The standard InChI is InChI=1S/C18H16N4O3/c1-11(2)22-17-12(9-20-22)7-13(8-19-17)18(23)24-10-16-21-14-5-3-4-6-15(14)25-16/h3-9,11H,10H2,1-2H3. The van der Waals surface area contributed by atoms with E-state index in [1.54, 1.807) is 12.3 Å². The van der Waals surface area contributed by atoms with Gasteiger partial charge in [0.25, 0.3) is 0 Å². The summed E-state index contributed by atoms with van der Waals surface area (Å²) < 4.78 is 12.6. The predicted molar refractivity (Wildman–Crippen MR) is 91.0 cm³/mol. The summed E-state index contributed by atoms with van der Waals surface area (Å²) in [6.45, 7) is 4.02. The monoisotopic (exact) mass is 336 g/mol. The molecule has 3 heterocycles. The molecule has 126 valence electrons. The van der Waals surface area contributed by atoms with Gasteiger partial charge >= 0.3 is 5.97 Å². The molecule has 0 saturated carbocycles. The molecule has 0 spiro atoms. The smallest absolute Gasteiger partial charge is 0.340 e. The Kier molecular flexibility index (Phi) is 3.68. The van der Waals surface area contributed by atoms with E-state index in [0.29, 0.717) is 17.0 Å². The van der Waals surface area contributed by atoms with Crippen molar-refractivity contribution in [2.45, 2.75) is 26.5 Å². The van der Waals surface area contributed by atoms with E-state index >= 15 is 0 Å². The molecule has 25 heavy (non-hydrogen) atoms. The zero-order valence-electron chi connectivity index (χ0n) is 13.8. The number of aromatic nitrogens is 4. The van der Waals surface area contributed by atoms with Crippen molar-refractivity contribution in [1.29, 1.82) is 0 Å². The molecule has 0 aliphatic rings. The van der Waals surface area contributed by atoms with Crippen LogP contribution in [-0.2, 0) is 11.3 Å². The number of fused-ring (bicyclic) bond motifs is 2. The van der Waals surface area contributed by atoms with E-state index in [9.17, 15) is 4.79 Å². The quantitative estimate of drug-likeness (QED) is 0.530. The highest BCUT2D eigenvalue weighted by molar-refractivity contribution is 5.92. The molecule has 4 rings (SSSR count). The van der Waals surface area contributed by atoms with Gasteiger partial charge in [-0.2, -0.15) is 5.10 Å². The predicted octanol–water partition coefficient (Wildman–Crippen LogP) is 3.51. The van der Waals surface area contributed by atoms with E-state index in [4.69, 9.17) is 9.15 Å². The number of ether oxygens (including phenoxy) is 1. The van der Waals surface area contributed by atoms with Gasteiger partial charge in [-0.15, -0.1) is 0 Å². The van der Waals surface area contributed by atoms with Crippen LogP contribution in [0.25, 0.3) is 22.1 Å². The van der Waals surface area contributed by atoms with E-state index in [1.807, 2.05) is 42.8 Å². The van der Waals surface area contributed by atoms with Gasteiger partial charge in [-0.25, -0.2) is 19.4 Å². The Morgan fingerprint density at radius 1 is 1.28 bits per heavy atom. The number of esters is 1. The number of rotatable bonds is 4. The van der Waals surface area contributed by atoms with Gasteiger partial charge < -0.3 is 9.15 Å². The van der Waals surface area contributed by atoms with Crippen molar-refractivity contribution >= 4 is 28.1 Å². The number of pyridine rings is 1. The number of para-hydroxylation sites is 2. The van der Waals surface area contributed by atoms with Crippen molar-refractivity contribution in [2.24, 2.45) is 0 Å². The van der Waals surface area contributed by atoms with Crippen LogP contribution in [-0.4, -0.2) is 25.7 Å². The van der Waals surface area contributed by atoms with E-state index in [1.165, 1.54) is 6.20 Å². The lowest BCUT2D eigenvalue weighted by Gasteiger charge is -2.06. The summed E-state index contributed by atoms with van der Waals surface area (Å²) >= 11 is 0. The number of hydrogen-bond acceptors (Lipinski definition) is 6. The average Bonchev–Trinajstić information content (AvgIpc) is 3.22. The van der Waals surface area contributed by atoms with E-state index in [2.05, 4.69) is 15.1 Å². The fourth-order valence-electron chi connectivity index (χ4n) is 2.62. The number of oxazole rings is 1. The second kappa shape index (κ2) is 6.01. The van der Waals surface area contributed by atoms with Gasteiger partial charge in [0.2, 0.25) is 5.89 Å². The summed E-state index contributed by atoms with van der Waals surface area (Å²) in [6, 6.07) is 9.32. The molecule has 0 amide bonds. The first-order valence-corrected chi connectivity index (χ1v) is 7.96. The van der Waals surface area contributed by atoms with Crippen molar-refractivity contribution in [2.75, 3.05) is 0 Å². The number of carbonyl (C=O) groups excluding carboxylic acids is 1. The minimum atomic E-state index is -0.478. The van der Waals surface area contributed by atoms with Gasteiger partial charge in [-0.3, -0.25) is 0 Å². The van der Waals surface area contributed by atoms with Gasteiger partial charge in [-0.05, 0) is 32.0 Å². The maximum Gasteiger partial charge on any atom is 0.340 e. The van der Waals surface area contributed by atoms with Crippen molar-refractivity contribution in [3.05, 3.63) is 54.2 Å². The second-order valence-electron chi connectivity index (χ2n) is 5.97. The van der Waals surface area contributed by atoms with Gasteiger partial charge in [0, 0.05) is 17.6 Å². The summed E-state index contributed by atoms with van der Waals surface area (Å²) in [5.74, 6) is -0.120. The van der Waals surface area contributed by atoms with Gasteiger partial charge in [-0.1, -0.05) is 12.1 Å². The van der Waals surface area contributed by atoms with Crippen LogP contribution in [0.3, 0.4) is 0 Å². The van der Waals surface area contributed by atoms with Crippen molar-refractivity contribution in [3.63, 3.8) is 0 Å². The normalized spacial score (nSPS) is 11.5. The third-order valence-corrected chi connectivity index (χ3v) is 3.82. The Labute approximate surface area is 143 Å². The maximum atomic E-state index is 12.3. The molecule has 0 aliphatic carbocycles. The van der Waals surface area contributed by atoms with E-state index in [0.717, 1.165) is 16.6 Å². The molecule has 0 radical (unpaired) electrons. The topological polar surface area (TPSA) is 83.0 Å². The Bertz CT molecular complexity index is 1030. The van der Waals surface area contributed by atoms with Gasteiger partial charge in [0.1, 0.15) is 5.52 Å². The highest BCUT2D eigenvalue weighted by Gasteiger charge is 2.14. The first-order chi connectivity index (χ1) is 12.1. The molecule has 0 N–H and O–H groups in total. The van der Waals surface area contributed by atoms with Crippen LogP contribution in [0.5, 0.6) is 0 Å². The average molecular weight is 336 g/mol. The lowest BCUT2D eigenvalue weighted by molar-refractivity contribution is 0.0440. The molecule has 7 nitrogen and oxygen atoms in total. The second-order valence-corrected chi connectivity index (χ2v) is 5.97. The summed E-state index contributed by atoms with van der Waals surface area (Å²) in [6.07, 6.45) is 3.19. The van der Waals surface area contributed by atoms with Gasteiger partial charge in [0.05, 0.1) is 11.8 Å². The van der Waals surface area contributed by atoms with Crippen LogP contribution in [0.2, 0.25) is 0 Å². The zero-order chi connectivity index (χ0) is 17.4. The number of carbonyl (C=O) groups is 1. The molecular weight excluding hydrogens is 320 g/mol. The Balaban J connectivity index is 1.51. The number of nitrogens with zero attached hydrogens (tertiary/aromatic N) is 4. The fraction of sp³-hybridized carbons (Fsp3) is 0.222. The van der Waals surface area contributed by atoms with Crippen molar-refractivity contribution in [1.82, 2.24) is 19.7 Å². The third-order valence-electron chi connectivity index (χ3n) is 3.82. The summed E-state index contributed by atoms with van der Waals surface area (Å²) in [5.41, 5.74) is 2.51. The third kappa shape index (κ3) is 2.84. The van der Waals surface area contributed by atoms with Gasteiger partial charge in [0.15, 0.2) is 17.8 Å². The van der Waals surface area contributed by atoms with Crippen LogP contribution in [0.1, 0.15) is 36.1 Å². The van der Waals surface area contributed by atoms with Crippen LogP contribution >= 0.6 is 0 Å².